The van der Waals surface area contributed by atoms with Gasteiger partial charge in [-0.15, -0.1) is 0 Å². The molecule has 6 heteroatoms. The topological polar surface area (TPSA) is 66.5 Å². The van der Waals surface area contributed by atoms with Crippen molar-refractivity contribution in [1.82, 2.24) is 0 Å². The standard InChI is InChI=1S/C37H31ClN2O3/c1-22(2)21-23-15-17-25(18-16-23)34(41)32-33(35(42)26-10-4-6-12-28(26)38)40-30-14-8-3-9-24(30)19-20-31(40)37(32)27-11-5-7-13-29(27)39-36(37)43/h3-20,22,31-33H,21H2,1-2H3,(H,39,43)/t31-,32-,33-,37+/m1/s1. The second-order valence-corrected chi connectivity index (χ2v) is 12.5. The van der Waals surface area contributed by atoms with E-state index in [4.69, 9.17) is 11.6 Å². The van der Waals surface area contributed by atoms with Crippen LogP contribution in [0.3, 0.4) is 0 Å². The fourth-order valence-electron chi connectivity index (χ4n) is 7.40. The molecule has 1 saturated heterocycles. The number of carbonyl (C=O) groups excluding carboxylic acids is 3. The van der Waals surface area contributed by atoms with Crippen molar-refractivity contribution in [3.63, 3.8) is 0 Å². The number of benzene rings is 4. The highest BCUT2D eigenvalue weighted by atomic mass is 35.5. The number of rotatable bonds is 6. The van der Waals surface area contributed by atoms with Crippen molar-refractivity contribution >= 4 is 46.5 Å². The van der Waals surface area contributed by atoms with E-state index in [1.807, 2.05) is 89.8 Å². The van der Waals surface area contributed by atoms with Crippen LogP contribution in [0.25, 0.3) is 6.08 Å². The summed E-state index contributed by atoms with van der Waals surface area (Å²) in [5.74, 6) is -1.37. The van der Waals surface area contributed by atoms with E-state index in [0.717, 1.165) is 28.8 Å². The van der Waals surface area contributed by atoms with Gasteiger partial charge in [0.25, 0.3) is 0 Å². The smallest absolute Gasteiger partial charge is 0.238 e. The van der Waals surface area contributed by atoms with Crippen LogP contribution < -0.4 is 10.2 Å². The highest BCUT2D eigenvalue weighted by molar-refractivity contribution is 6.34. The van der Waals surface area contributed by atoms with Crippen LogP contribution in [0.2, 0.25) is 5.02 Å². The second kappa shape index (κ2) is 10.4. The van der Waals surface area contributed by atoms with Crippen molar-refractivity contribution in [3.8, 4) is 0 Å². The van der Waals surface area contributed by atoms with Gasteiger partial charge in [-0.1, -0.05) is 110 Å². The van der Waals surface area contributed by atoms with Gasteiger partial charge in [-0.2, -0.15) is 0 Å². The number of hydrogen-bond acceptors (Lipinski definition) is 4. The molecule has 43 heavy (non-hydrogen) atoms. The molecule has 0 saturated carbocycles. The Hall–Kier alpha value is -4.48. The number of hydrogen-bond donors (Lipinski definition) is 1. The number of Topliss-reactive ketones (excluding diaryl/α,β-unsaturated/α-hetero) is 2. The summed E-state index contributed by atoms with van der Waals surface area (Å²) in [5, 5.41) is 3.39. The van der Waals surface area contributed by atoms with Gasteiger partial charge in [0.05, 0.1) is 17.0 Å². The molecule has 5 nitrogen and oxygen atoms in total. The van der Waals surface area contributed by atoms with Crippen LogP contribution in [0, 0.1) is 11.8 Å². The molecule has 4 atom stereocenters. The van der Waals surface area contributed by atoms with E-state index < -0.39 is 23.4 Å². The lowest BCUT2D eigenvalue weighted by atomic mass is 9.64. The third kappa shape index (κ3) is 4.09. The summed E-state index contributed by atoms with van der Waals surface area (Å²) in [5.41, 5.74) is 3.70. The monoisotopic (exact) mass is 586 g/mol. The maximum atomic E-state index is 15.0. The largest absolute Gasteiger partial charge is 0.352 e. The molecule has 0 aromatic heterocycles. The molecule has 214 valence electrons. The van der Waals surface area contributed by atoms with E-state index in [0.29, 0.717) is 27.8 Å². The first-order valence-corrected chi connectivity index (χ1v) is 15.1. The zero-order chi connectivity index (χ0) is 29.9. The van der Waals surface area contributed by atoms with Gasteiger partial charge < -0.3 is 10.2 Å². The molecule has 0 radical (unpaired) electrons. The summed E-state index contributed by atoms with van der Waals surface area (Å²) >= 11 is 6.62. The molecular formula is C37H31ClN2O3. The Labute approximate surface area is 256 Å². The summed E-state index contributed by atoms with van der Waals surface area (Å²) < 4.78 is 0. The molecule has 4 aromatic rings. The van der Waals surface area contributed by atoms with Crippen molar-refractivity contribution in [3.05, 3.63) is 136 Å². The molecule has 1 fully saturated rings. The number of fused-ring (bicyclic) bond motifs is 6. The lowest BCUT2D eigenvalue weighted by molar-refractivity contribution is -0.121. The maximum absolute atomic E-state index is 15.0. The zero-order valence-electron chi connectivity index (χ0n) is 24.0. The Morgan fingerprint density at radius 3 is 2.35 bits per heavy atom. The predicted octanol–water partition coefficient (Wildman–Crippen LogP) is 7.39. The fraction of sp³-hybridized carbons (Fsp3) is 0.216. The van der Waals surface area contributed by atoms with Crippen LogP contribution in [0.1, 0.15) is 51.3 Å². The molecule has 1 spiro atoms. The number of nitrogens with zero attached hydrogens (tertiary/aromatic N) is 1. The number of ketones is 2. The first-order chi connectivity index (χ1) is 20.8. The third-order valence-corrected chi connectivity index (χ3v) is 9.44. The normalized spacial score (nSPS) is 23.2. The lowest BCUT2D eigenvalue weighted by Gasteiger charge is -2.37. The minimum Gasteiger partial charge on any atom is -0.352 e. The fourth-order valence-corrected chi connectivity index (χ4v) is 7.63. The molecule has 0 unspecified atom stereocenters. The van der Waals surface area contributed by atoms with E-state index >= 15 is 0 Å². The number of para-hydroxylation sites is 2. The first kappa shape index (κ1) is 27.4. The number of nitrogens with one attached hydrogen (secondary N) is 1. The molecular weight excluding hydrogens is 556 g/mol. The quantitative estimate of drug-likeness (QED) is 0.239. The number of halogens is 1. The molecule has 1 N–H and O–H groups in total. The molecule has 0 bridgehead atoms. The van der Waals surface area contributed by atoms with E-state index in [-0.39, 0.29) is 17.5 Å². The number of anilines is 2. The molecule has 7 rings (SSSR count). The Kier molecular flexibility index (Phi) is 6.59. The zero-order valence-corrected chi connectivity index (χ0v) is 24.7. The summed E-state index contributed by atoms with van der Waals surface area (Å²) in [6.45, 7) is 4.31. The minimum absolute atomic E-state index is 0.242. The predicted molar refractivity (Wildman–Crippen MR) is 171 cm³/mol. The van der Waals surface area contributed by atoms with Crippen molar-refractivity contribution in [2.45, 2.75) is 37.8 Å². The van der Waals surface area contributed by atoms with Crippen LogP contribution in [-0.2, 0) is 16.6 Å². The Balaban J connectivity index is 1.49. The van der Waals surface area contributed by atoms with Gasteiger partial charge in [0.2, 0.25) is 5.91 Å². The third-order valence-electron chi connectivity index (χ3n) is 9.11. The second-order valence-electron chi connectivity index (χ2n) is 12.1. The van der Waals surface area contributed by atoms with E-state index in [1.54, 1.807) is 24.3 Å². The van der Waals surface area contributed by atoms with Crippen molar-refractivity contribution in [1.29, 1.82) is 0 Å². The van der Waals surface area contributed by atoms with E-state index in [9.17, 15) is 14.4 Å². The average molecular weight is 587 g/mol. The summed E-state index contributed by atoms with van der Waals surface area (Å²) in [4.78, 5) is 46.2. The van der Waals surface area contributed by atoms with E-state index in [2.05, 4.69) is 19.2 Å². The molecule has 3 heterocycles. The summed E-state index contributed by atoms with van der Waals surface area (Å²) in [7, 11) is 0. The van der Waals surface area contributed by atoms with Gasteiger partial charge in [-0.3, -0.25) is 14.4 Å². The molecule has 1 amide bonds. The first-order valence-electron chi connectivity index (χ1n) is 14.7. The number of amides is 1. The minimum atomic E-state index is -1.35. The Bertz CT molecular complexity index is 1810. The SMILES string of the molecule is CC(C)Cc1ccc(C(=O)[C@H]2[C@H](C(=O)c3ccccc3Cl)N3c4ccccc4C=C[C@@H]3[C@]23C(=O)Nc2ccccc23)cc1. The summed E-state index contributed by atoms with van der Waals surface area (Å²) in [6, 6.07) is 28.3. The van der Waals surface area contributed by atoms with Gasteiger partial charge in [0.1, 0.15) is 11.5 Å². The van der Waals surface area contributed by atoms with Crippen LogP contribution in [0.15, 0.2) is 103 Å². The average Bonchev–Trinajstić information content (AvgIpc) is 3.49. The Morgan fingerprint density at radius 2 is 1.58 bits per heavy atom. The molecule has 3 aliphatic heterocycles. The number of carbonyl (C=O) groups is 3. The highest BCUT2D eigenvalue weighted by Gasteiger charge is 2.70. The molecule has 3 aliphatic rings. The van der Waals surface area contributed by atoms with Crippen molar-refractivity contribution in [2.75, 3.05) is 10.2 Å². The maximum Gasteiger partial charge on any atom is 0.238 e. The molecule has 0 aliphatic carbocycles. The van der Waals surface area contributed by atoms with Crippen LogP contribution >= 0.6 is 11.6 Å². The van der Waals surface area contributed by atoms with Gasteiger partial charge in [0, 0.05) is 22.5 Å². The van der Waals surface area contributed by atoms with Gasteiger partial charge in [-0.25, -0.2) is 0 Å². The van der Waals surface area contributed by atoms with Crippen LogP contribution in [0.4, 0.5) is 11.4 Å². The van der Waals surface area contributed by atoms with Crippen LogP contribution in [-0.4, -0.2) is 29.6 Å². The molecule has 4 aromatic carbocycles. The highest BCUT2D eigenvalue weighted by Crippen LogP contribution is 2.58. The van der Waals surface area contributed by atoms with E-state index in [1.165, 1.54) is 0 Å². The van der Waals surface area contributed by atoms with Gasteiger partial charge in [0.15, 0.2) is 11.6 Å². The van der Waals surface area contributed by atoms with Gasteiger partial charge in [-0.05, 0) is 53.3 Å². The van der Waals surface area contributed by atoms with Crippen LogP contribution in [0.5, 0.6) is 0 Å². The summed E-state index contributed by atoms with van der Waals surface area (Å²) in [6.07, 6.45) is 4.87. The van der Waals surface area contributed by atoms with Gasteiger partial charge >= 0.3 is 0 Å². The van der Waals surface area contributed by atoms with Crippen molar-refractivity contribution < 1.29 is 14.4 Å². The Morgan fingerprint density at radius 1 is 0.884 bits per heavy atom. The van der Waals surface area contributed by atoms with Crippen molar-refractivity contribution in [2.24, 2.45) is 11.8 Å². The lowest BCUT2D eigenvalue weighted by Crippen LogP contribution is -2.51.